The summed E-state index contributed by atoms with van der Waals surface area (Å²) in [6.45, 7) is 13.1. The summed E-state index contributed by atoms with van der Waals surface area (Å²) in [4.78, 5) is 14.2. The first-order valence-electron chi connectivity index (χ1n) is 7.41. The van der Waals surface area contributed by atoms with E-state index < -0.39 is 10.1 Å². The van der Waals surface area contributed by atoms with Crippen molar-refractivity contribution in [2.75, 3.05) is 0 Å². The molecule has 0 aromatic heterocycles. The molecule has 1 aliphatic carbocycles. The lowest BCUT2D eigenvalue weighted by molar-refractivity contribution is -0.116. The van der Waals surface area contributed by atoms with Crippen molar-refractivity contribution in [2.24, 2.45) is 10.8 Å². The molecule has 5 heteroatoms. The van der Waals surface area contributed by atoms with Crippen molar-refractivity contribution in [3.8, 4) is 0 Å². The van der Waals surface area contributed by atoms with Gasteiger partial charge in [0.05, 0.1) is 5.03 Å². The molecule has 1 aliphatic heterocycles. The Balaban J connectivity index is 2.53. The maximum atomic E-state index is 11.7. The van der Waals surface area contributed by atoms with Gasteiger partial charge in [-0.2, -0.15) is 0 Å². The molecule has 1 nitrogen and oxygen atoms in total. The zero-order valence-corrected chi connectivity index (χ0v) is 17.3. The number of carbonyl (C=O) groups excluding carboxylic acids is 1. The lowest BCUT2D eigenvalue weighted by Crippen LogP contribution is -2.38. The molecule has 0 saturated heterocycles. The third-order valence-corrected chi connectivity index (χ3v) is 6.69. The van der Waals surface area contributed by atoms with Gasteiger partial charge in [0.15, 0.2) is 0 Å². The van der Waals surface area contributed by atoms with E-state index in [1.165, 1.54) is 9.81 Å². The van der Waals surface area contributed by atoms with Crippen molar-refractivity contribution < 1.29 is 4.79 Å². The van der Waals surface area contributed by atoms with Crippen LogP contribution in [0.3, 0.4) is 0 Å². The van der Waals surface area contributed by atoms with Crippen LogP contribution in [0.1, 0.15) is 41.5 Å². The van der Waals surface area contributed by atoms with Gasteiger partial charge in [0.1, 0.15) is 0 Å². The molecule has 0 radical (unpaired) electrons. The molecule has 0 bridgehead atoms. The topological polar surface area (TPSA) is 17.1 Å². The highest BCUT2D eigenvalue weighted by Gasteiger charge is 2.50. The standard InChI is InChI=1S/C18H21Cl3OS/c1-16(2,3)12-8-10(9-13(23-12)17(4,5)6)7-11-14(19)15(22)18(11,20)21/h7-9H,1-6H3. The van der Waals surface area contributed by atoms with Gasteiger partial charge in [0.2, 0.25) is 10.1 Å². The quantitative estimate of drug-likeness (QED) is 0.459. The summed E-state index contributed by atoms with van der Waals surface area (Å²) in [6, 6.07) is 0. The smallest absolute Gasteiger partial charge is 0.215 e. The fraction of sp³-hybridized carbons (Fsp3) is 0.500. The predicted octanol–water partition coefficient (Wildman–Crippen LogP) is 6.77. The first-order chi connectivity index (χ1) is 10.2. The van der Waals surface area contributed by atoms with E-state index in [9.17, 15) is 4.79 Å². The number of carbonyl (C=O) groups is 1. The fourth-order valence-corrected chi connectivity index (χ4v) is 4.38. The molecule has 126 valence electrons. The molecular formula is C18H21Cl3OS. The average molecular weight is 392 g/mol. The van der Waals surface area contributed by atoms with Gasteiger partial charge in [-0.15, -0.1) is 0 Å². The van der Waals surface area contributed by atoms with Crippen LogP contribution in [0.4, 0.5) is 0 Å². The number of halogens is 3. The minimum Gasteiger partial charge on any atom is -0.289 e. The van der Waals surface area contributed by atoms with Gasteiger partial charge >= 0.3 is 0 Å². The summed E-state index contributed by atoms with van der Waals surface area (Å²) >= 11 is 19.9. The van der Waals surface area contributed by atoms with Crippen molar-refractivity contribution in [3.63, 3.8) is 0 Å². The largest absolute Gasteiger partial charge is 0.289 e. The lowest BCUT2D eigenvalue weighted by Gasteiger charge is -2.33. The maximum Gasteiger partial charge on any atom is 0.215 e. The Morgan fingerprint density at radius 3 is 1.78 bits per heavy atom. The number of alkyl halides is 2. The van der Waals surface area contributed by atoms with Crippen molar-refractivity contribution in [1.82, 2.24) is 0 Å². The molecule has 0 spiro atoms. The number of hydrogen-bond acceptors (Lipinski definition) is 2. The minimum atomic E-state index is -1.53. The molecule has 0 atom stereocenters. The number of rotatable bonds is 1. The van der Waals surface area contributed by atoms with E-state index in [-0.39, 0.29) is 15.9 Å². The van der Waals surface area contributed by atoms with Crippen LogP contribution in [0, 0.1) is 10.8 Å². The minimum absolute atomic E-state index is 0.0289. The van der Waals surface area contributed by atoms with Gasteiger partial charge < -0.3 is 0 Å². The Kier molecular flexibility index (Phi) is 4.99. The number of ketones is 1. The normalized spacial score (nSPS) is 21.8. The summed E-state index contributed by atoms with van der Waals surface area (Å²) in [5.74, 6) is -0.431. The molecule has 0 saturated carbocycles. The molecule has 0 fully saturated rings. The Morgan fingerprint density at radius 1 is 1.00 bits per heavy atom. The Morgan fingerprint density at radius 2 is 1.43 bits per heavy atom. The molecule has 1 heterocycles. The monoisotopic (exact) mass is 390 g/mol. The second-order valence-electron chi connectivity index (χ2n) is 7.89. The summed E-state index contributed by atoms with van der Waals surface area (Å²) in [5, 5.41) is 0.122. The fourth-order valence-electron chi connectivity index (χ4n) is 2.12. The van der Waals surface area contributed by atoms with E-state index in [1.807, 2.05) is 6.08 Å². The van der Waals surface area contributed by atoms with Gasteiger partial charge in [0, 0.05) is 5.57 Å². The summed E-state index contributed by atoms with van der Waals surface area (Å²) in [7, 11) is 0. The average Bonchev–Trinajstić information content (AvgIpc) is 2.41. The van der Waals surface area contributed by atoms with E-state index in [0.717, 1.165) is 5.57 Å². The highest BCUT2D eigenvalue weighted by Crippen LogP contribution is 2.51. The van der Waals surface area contributed by atoms with Crippen LogP contribution < -0.4 is 0 Å². The van der Waals surface area contributed by atoms with Gasteiger partial charge in [-0.1, -0.05) is 88.1 Å². The second-order valence-corrected chi connectivity index (χ2v) is 10.7. The van der Waals surface area contributed by atoms with E-state index in [0.29, 0.717) is 5.57 Å². The van der Waals surface area contributed by atoms with Crippen molar-refractivity contribution in [1.29, 1.82) is 0 Å². The van der Waals surface area contributed by atoms with Crippen LogP contribution >= 0.6 is 46.6 Å². The van der Waals surface area contributed by atoms with Crippen LogP contribution in [0.25, 0.3) is 0 Å². The van der Waals surface area contributed by atoms with Crippen molar-refractivity contribution in [3.05, 3.63) is 44.2 Å². The van der Waals surface area contributed by atoms with E-state index >= 15 is 0 Å². The Bertz CT molecular complexity index is 648. The van der Waals surface area contributed by atoms with Gasteiger partial charge in [-0.25, -0.2) is 0 Å². The molecule has 2 aliphatic rings. The molecule has 0 aromatic rings. The molecule has 0 aromatic carbocycles. The SMILES string of the molecule is CC(C)(C)C1=CC(=CC2=C(Cl)C(=O)C2(Cl)Cl)C=C(C(C)(C)C)S1. The molecule has 0 unspecified atom stereocenters. The van der Waals surface area contributed by atoms with E-state index in [4.69, 9.17) is 34.8 Å². The van der Waals surface area contributed by atoms with Crippen LogP contribution in [0.5, 0.6) is 0 Å². The summed E-state index contributed by atoms with van der Waals surface area (Å²) in [5.41, 5.74) is 1.50. The van der Waals surface area contributed by atoms with Crippen LogP contribution in [-0.4, -0.2) is 10.1 Å². The van der Waals surface area contributed by atoms with Crippen molar-refractivity contribution >= 4 is 52.3 Å². The van der Waals surface area contributed by atoms with E-state index in [1.54, 1.807) is 11.8 Å². The zero-order chi connectivity index (χ0) is 17.8. The first-order valence-corrected chi connectivity index (χ1v) is 9.36. The first kappa shape index (κ1) is 19.2. The Hall–Kier alpha value is -0.150. The van der Waals surface area contributed by atoms with Gasteiger partial charge in [-0.05, 0) is 44.4 Å². The molecular weight excluding hydrogens is 371 g/mol. The molecule has 0 N–H and O–H groups in total. The Labute approximate surface area is 157 Å². The maximum absolute atomic E-state index is 11.7. The third kappa shape index (κ3) is 3.76. The van der Waals surface area contributed by atoms with Gasteiger partial charge in [-0.3, -0.25) is 4.79 Å². The molecule has 2 rings (SSSR count). The highest BCUT2D eigenvalue weighted by atomic mass is 35.5. The molecule has 23 heavy (non-hydrogen) atoms. The highest BCUT2D eigenvalue weighted by molar-refractivity contribution is 8.06. The second kappa shape index (κ2) is 5.98. The van der Waals surface area contributed by atoms with Gasteiger partial charge in [0.25, 0.3) is 0 Å². The number of thioether (sulfide) groups is 1. The van der Waals surface area contributed by atoms with Crippen LogP contribution in [-0.2, 0) is 4.79 Å². The zero-order valence-electron chi connectivity index (χ0n) is 14.2. The van der Waals surface area contributed by atoms with Crippen LogP contribution in [0.15, 0.2) is 44.2 Å². The lowest BCUT2D eigenvalue weighted by atomic mass is 9.89. The summed E-state index contributed by atoms with van der Waals surface area (Å²) < 4.78 is -1.53. The van der Waals surface area contributed by atoms with Crippen molar-refractivity contribution in [2.45, 2.75) is 45.9 Å². The number of Topliss-reactive ketones (excluding diaryl/α,β-unsaturated/α-hetero) is 1. The third-order valence-electron chi connectivity index (χ3n) is 3.66. The van der Waals surface area contributed by atoms with E-state index in [2.05, 4.69) is 53.7 Å². The van der Waals surface area contributed by atoms with Crippen LogP contribution in [0.2, 0.25) is 0 Å². The molecule has 0 amide bonds. The summed E-state index contributed by atoms with van der Waals surface area (Å²) in [6.07, 6.45) is 6.05. The number of hydrogen-bond donors (Lipinski definition) is 0. The number of allylic oxidation sites excluding steroid dienone is 8. The predicted molar refractivity (Wildman–Crippen MR) is 103 cm³/mol.